The first-order valence-electron chi connectivity index (χ1n) is 45.2. The molecule has 0 bridgehead atoms. The van der Waals surface area contributed by atoms with Crippen LogP contribution in [0.3, 0.4) is 0 Å². The van der Waals surface area contributed by atoms with Gasteiger partial charge in [0, 0.05) is 107 Å². The van der Waals surface area contributed by atoms with Crippen LogP contribution in [0.25, 0.3) is 223 Å². The van der Waals surface area contributed by atoms with E-state index < -0.39 is 0 Å². The van der Waals surface area contributed by atoms with Gasteiger partial charge in [0.05, 0.1) is 67.3 Å². The number of para-hydroxylation sites is 6. The van der Waals surface area contributed by atoms with Crippen molar-refractivity contribution in [3.63, 3.8) is 0 Å². The van der Waals surface area contributed by atoms with Crippen LogP contribution in [0.5, 0.6) is 0 Å². The summed E-state index contributed by atoms with van der Waals surface area (Å²) in [5.41, 5.74) is 33.3. The zero-order valence-corrected chi connectivity index (χ0v) is 73.0. The van der Waals surface area contributed by atoms with E-state index in [-0.39, 0.29) is 0 Å². The first-order chi connectivity index (χ1) is 66.4. The van der Waals surface area contributed by atoms with Crippen molar-refractivity contribution in [2.75, 3.05) is 0 Å². The summed E-state index contributed by atoms with van der Waals surface area (Å²) in [5, 5.41) is 7.50. The van der Waals surface area contributed by atoms with Crippen LogP contribution in [0.2, 0.25) is 0 Å². The summed E-state index contributed by atoms with van der Waals surface area (Å²) >= 11 is 0. The van der Waals surface area contributed by atoms with Crippen molar-refractivity contribution >= 4 is 65.4 Å². The molecule has 0 saturated heterocycles. The fourth-order valence-electron chi connectivity index (χ4n) is 18.4. The number of nitrogens with zero attached hydrogens (tertiary/aromatic N) is 10. The molecule has 10 heteroatoms. The molecule has 7 aromatic heterocycles. The molecule has 0 fully saturated rings. The van der Waals surface area contributed by atoms with Crippen LogP contribution in [0.15, 0.2) is 510 Å². The number of fused-ring (bicyclic) bond motifs is 8. The van der Waals surface area contributed by atoms with Crippen LogP contribution in [-0.4, -0.2) is 48.2 Å². The second kappa shape index (κ2) is 35.8. The Morgan fingerprint density at radius 3 is 0.739 bits per heavy atom. The van der Waals surface area contributed by atoms with Gasteiger partial charge in [-0.05, 0) is 165 Å². The topological polar surface area (TPSA) is 97.1 Å². The first kappa shape index (κ1) is 80.4. The van der Waals surface area contributed by atoms with Crippen molar-refractivity contribution < 1.29 is 0 Å². The number of benzene rings is 18. The molecule has 0 N–H and O–H groups in total. The van der Waals surface area contributed by atoms with Gasteiger partial charge in [-0.15, -0.1) is 0 Å². The van der Waals surface area contributed by atoms with E-state index in [1.54, 1.807) is 0 Å². The summed E-state index contributed by atoms with van der Waals surface area (Å²) in [6.45, 7) is 0. The lowest BCUT2D eigenvalue weighted by atomic mass is 10.0. The molecule has 134 heavy (non-hydrogen) atoms. The van der Waals surface area contributed by atoms with Gasteiger partial charge in [-0.1, -0.05) is 376 Å². The molecule has 0 spiro atoms. The Bertz CT molecular complexity index is 7870. The number of rotatable bonds is 16. The molecule has 0 aliphatic rings. The third kappa shape index (κ3) is 16.1. The predicted molar refractivity (Wildman–Crippen MR) is 554 cm³/mol. The van der Waals surface area contributed by atoms with E-state index in [2.05, 4.69) is 419 Å². The largest absolute Gasteiger partial charge is 0.316 e. The average molecular weight is 1710 g/mol. The Balaban J connectivity index is 0.000000114. The summed E-state index contributed by atoms with van der Waals surface area (Å²) in [6, 6.07) is 174. The van der Waals surface area contributed by atoms with Crippen molar-refractivity contribution in [2.24, 2.45) is 0 Å². The maximum Gasteiger partial charge on any atom is 0.160 e. The minimum atomic E-state index is 0.703. The third-order valence-corrected chi connectivity index (χ3v) is 25.0. The summed E-state index contributed by atoms with van der Waals surface area (Å²) in [5.74, 6) is 2.13. The minimum Gasteiger partial charge on any atom is -0.316 e. The molecule has 0 saturated carbocycles. The fraction of sp³-hybridized carbons (Fsp3) is 0. The smallest absolute Gasteiger partial charge is 0.160 e. The Labute approximate surface area is 776 Å². The number of hydrogen-bond acceptors (Lipinski definition) is 6. The molecule has 0 unspecified atom stereocenters. The van der Waals surface area contributed by atoms with Gasteiger partial charge in [-0.3, -0.25) is 0 Å². The van der Waals surface area contributed by atoms with Gasteiger partial charge in [-0.2, -0.15) is 0 Å². The highest BCUT2D eigenvalue weighted by molar-refractivity contribution is 6.10. The highest BCUT2D eigenvalue weighted by atomic mass is 15.0. The fourth-order valence-corrected chi connectivity index (χ4v) is 18.4. The molecule has 0 aliphatic heterocycles. The lowest BCUT2D eigenvalue weighted by Crippen LogP contribution is -1.98. The monoisotopic (exact) mass is 1710 g/mol. The van der Waals surface area contributed by atoms with E-state index in [4.69, 9.17) is 29.9 Å². The Morgan fingerprint density at radius 2 is 0.381 bits per heavy atom. The quantitative estimate of drug-likeness (QED) is 0.0956. The molecule has 0 atom stereocenters. The van der Waals surface area contributed by atoms with E-state index in [0.29, 0.717) is 11.6 Å². The maximum absolute atomic E-state index is 5.04. The molecule has 10 nitrogen and oxygen atoms in total. The van der Waals surface area contributed by atoms with E-state index in [1.807, 2.05) is 109 Å². The summed E-state index contributed by atoms with van der Waals surface area (Å²) in [4.78, 5) is 30.1. The standard InChI is InChI=1S/C44H30N4.2C40H27N3/c1-3-11-32(12-4-1)40-30-41(33-13-5-2-6-14-33)46-44(45-40)36-21-19-31(20-22-36)37-27-38(47-25-23-34-15-7-9-17-42(34)47)29-39(28-37)48-26-24-35-16-8-10-18-43(35)48;1-3-12-29(13-4-1)36-27-37(42-40(41-36)30-14-5-2-6-15-30)32-17-11-16-31(26-32)28-22-24-33(25-23-28)43-38-20-9-7-18-34(38)35-19-8-10-21-39(35)43;1-3-12-29(13-4-1)36-27-37(30-14-5-2-6-15-30)42-40(41-36)32-17-11-16-31(26-32)28-22-24-33(25-23-28)43-38-20-9-7-18-34(38)35-19-8-10-21-39(35)43/h1-30H;2*1-27H. The number of aromatic nitrogens is 10. The predicted octanol–water partition coefficient (Wildman–Crippen LogP) is 31.5. The summed E-state index contributed by atoms with van der Waals surface area (Å²) < 4.78 is 9.24. The maximum atomic E-state index is 5.04. The van der Waals surface area contributed by atoms with Gasteiger partial charge in [0.25, 0.3) is 0 Å². The molecule has 630 valence electrons. The van der Waals surface area contributed by atoms with E-state index in [0.717, 1.165) is 146 Å². The van der Waals surface area contributed by atoms with Gasteiger partial charge >= 0.3 is 0 Å². The second-order valence-electron chi connectivity index (χ2n) is 33.4. The zero-order chi connectivity index (χ0) is 89.0. The van der Waals surface area contributed by atoms with Crippen LogP contribution >= 0.6 is 0 Å². The molecule has 0 aliphatic carbocycles. The second-order valence-corrected chi connectivity index (χ2v) is 33.4. The molecule has 7 heterocycles. The first-order valence-corrected chi connectivity index (χ1v) is 45.2. The molecule has 0 amide bonds. The van der Waals surface area contributed by atoms with Crippen molar-refractivity contribution in [1.29, 1.82) is 0 Å². The third-order valence-electron chi connectivity index (χ3n) is 25.0. The van der Waals surface area contributed by atoms with E-state index in [1.165, 1.54) is 65.4 Å². The van der Waals surface area contributed by atoms with E-state index >= 15 is 0 Å². The SMILES string of the molecule is c1ccc(-c2cc(-c3cccc(-c4ccc(-n5c6ccccc6c6ccccc65)cc4)c3)nc(-c3ccccc3)n2)cc1.c1ccc(-c2cc(-c3ccccc3)nc(-c3ccc(-c4cc(-n5ccc6ccccc65)cc(-n5ccc6ccccc65)c4)cc3)n2)cc1.c1ccc(-c2cc(-c3ccccc3)nc(-c3cccc(-c4ccc(-n5c6ccccc6c6ccccc65)cc4)c3)n2)cc1. The van der Waals surface area contributed by atoms with Gasteiger partial charge in [0.2, 0.25) is 0 Å². The molecule has 25 aromatic rings. The van der Waals surface area contributed by atoms with Gasteiger partial charge in [-0.25, -0.2) is 29.9 Å². The summed E-state index contributed by atoms with van der Waals surface area (Å²) in [7, 11) is 0. The van der Waals surface area contributed by atoms with Crippen molar-refractivity contribution in [2.45, 2.75) is 0 Å². The molecular formula is C124H84N10. The van der Waals surface area contributed by atoms with Crippen LogP contribution in [0, 0.1) is 0 Å². The van der Waals surface area contributed by atoms with Gasteiger partial charge in [0.15, 0.2) is 17.5 Å². The van der Waals surface area contributed by atoms with Gasteiger partial charge < -0.3 is 18.3 Å². The van der Waals surface area contributed by atoms with Crippen LogP contribution in [-0.2, 0) is 0 Å². The van der Waals surface area contributed by atoms with Crippen molar-refractivity contribution in [3.05, 3.63) is 510 Å². The lowest BCUT2D eigenvalue weighted by Gasteiger charge is -2.14. The van der Waals surface area contributed by atoms with Gasteiger partial charge in [0.1, 0.15) is 0 Å². The molecule has 18 aromatic carbocycles. The highest BCUT2D eigenvalue weighted by Gasteiger charge is 2.21. The average Bonchev–Trinajstić information content (AvgIpc) is 1.60. The Morgan fingerprint density at radius 1 is 0.134 bits per heavy atom. The highest BCUT2D eigenvalue weighted by Crippen LogP contribution is 2.41. The minimum absolute atomic E-state index is 0.703. The molecule has 0 radical (unpaired) electrons. The zero-order valence-electron chi connectivity index (χ0n) is 73.0. The Kier molecular flexibility index (Phi) is 21.5. The summed E-state index contributed by atoms with van der Waals surface area (Å²) in [6.07, 6.45) is 4.32. The lowest BCUT2D eigenvalue weighted by molar-refractivity contribution is 1.09. The van der Waals surface area contributed by atoms with Crippen molar-refractivity contribution in [1.82, 2.24) is 48.2 Å². The van der Waals surface area contributed by atoms with Crippen LogP contribution in [0.4, 0.5) is 0 Å². The van der Waals surface area contributed by atoms with E-state index in [9.17, 15) is 0 Å². The number of hydrogen-bond donors (Lipinski definition) is 0. The van der Waals surface area contributed by atoms with Crippen LogP contribution < -0.4 is 0 Å². The normalized spacial score (nSPS) is 11.3. The molecule has 25 rings (SSSR count). The Hall–Kier alpha value is -18.1. The molecular weight excluding hydrogens is 1630 g/mol. The van der Waals surface area contributed by atoms with Crippen LogP contribution in [0.1, 0.15) is 0 Å². The van der Waals surface area contributed by atoms with Crippen molar-refractivity contribution in [3.8, 4) is 158 Å².